The van der Waals surface area contributed by atoms with Gasteiger partial charge < -0.3 is 0 Å². The topological polar surface area (TPSA) is 32.3 Å². The fraction of sp³-hybridized carbons (Fsp3) is 0.500. The number of rotatable bonds is 6. The summed E-state index contributed by atoms with van der Waals surface area (Å²) in [6.45, 7) is 5.45. The zero-order chi connectivity index (χ0) is 20.5. The van der Waals surface area contributed by atoms with Crippen molar-refractivity contribution in [3.63, 3.8) is 0 Å². The molecule has 28 heavy (non-hydrogen) atoms. The molecule has 1 fully saturated rings. The molecular weight excluding hydrogens is 365 g/mol. The minimum Gasteiger partial charge on any atom is -0.287 e. The van der Waals surface area contributed by atoms with E-state index >= 15 is 0 Å². The predicted octanol–water partition coefficient (Wildman–Crippen LogP) is 5.69. The van der Waals surface area contributed by atoms with Gasteiger partial charge in [-0.1, -0.05) is 50.1 Å². The molecule has 0 saturated carbocycles. The van der Waals surface area contributed by atoms with Crippen molar-refractivity contribution in [1.82, 2.24) is 10.4 Å². The first-order chi connectivity index (χ1) is 13.1. The largest absolute Gasteiger partial charge is 0.409 e. The Morgan fingerprint density at radius 3 is 2.39 bits per heavy atom. The molecule has 2 aromatic carbocycles. The van der Waals surface area contributed by atoms with Crippen molar-refractivity contribution in [3.05, 3.63) is 47.5 Å². The number of carbonyl (C=O) groups excluding carboxylic acids is 1. The third kappa shape index (κ3) is 4.32. The first kappa shape index (κ1) is 20.6. The Hall–Kier alpha value is -2.08. The summed E-state index contributed by atoms with van der Waals surface area (Å²) in [5.74, 6) is -0.392. The number of hydrogen-bond donors (Lipinski definition) is 1. The van der Waals surface area contributed by atoms with Crippen LogP contribution in [0.1, 0.15) is 63.6 Å². The summed E-state index contributed by atoms with van der Waals surface area (Å²) in [7, 11) is 0. The van der Waals surface area contributed by atoms with Gasteiger partial charge in [-0.2, -0.15) is 18.2 Å². The van der Waals surface area contributed by atoms with Crippen LogP contribution in [0, 0.1) is 0 Å². The lowest BCUT2D eigenvalue weighted by Crippen LogP contribution is -2.51. The zero-order valence-corrected chi connectivity index (χ0v) is 16.6. The molecule has 1 saturated heterocycles. The number of nitrogens with zero attached hydrogens (tertiary/aromatic N) is 1. The van der Waals surface area contributed by atoms with E-state index in [1.807, 2.05) is 12.1 Å². The molecule has 3 nitrogen and oxygen atoms in total. The van der Waals surface area contributed by atoms with E-state index in [2.05, 4.69) is 18.4 Å². The number of hydrogen-bond acceptors (Lipinski definition) is 2. The van der Waals surface area contributed by atoms with Gasteiger partial charge in [-0.3, -0.25) is 10.2 Å². The Morgan fingerprint density at radius 2 is 1.79 bits per heavy atom. The van der Waals surface area contributed by atoms with Crippen molar-refractivity contribution in [1.29, 1.82) is 0 Å². The van der Waals surface area contributed by atoms with Crippen molar-refractivity contribution in [2.24, 2.45) is 0 Å². The molecule has 152 valence electrons. The van der Waals surface area contributed by atoms with Crippen molar-refractivity contribution in [3.8, 4) is 0 Å². The van der Waals surface area contributed by atoms with Crippen LogP contribution >= 0.6 is 0 Å². The minimum atomic E-state index is -4.51. The number of carbonyl (C=O) groups is 1. The van der Waals surface area contributed by atoms with Gasteiger partial charge in [0.05, 0.1) is 0 Å². The summed E-state index contributed by atoms with van der Waals surface area (Å²) in [4.78, 5) is 11.8. The number of halogens is 3. The molecule has 1 unspecified atom stereocenters. The summed E-state index contributed by atoms with van der Waals surface area (Å²) in [6.07, 6.45) is -0.0671. The van der Waals surface area contributed by atoms with E-state index < -0.39 is 23.7 Å². The normalized spacial score (nSPS) is 18.4. The van der Waals surface area contributed by atoms with Crippen LogP contribution in [0.5, 0.6) is 0 Å². The van der Waals surface area contributed by atoms with Crippen LogP contribution in [0.2, 0.25) is 0 Å². The Kier molecular flexibility index (Phi) is 5.71. The lowest BCUT2D eigenvalue weighted by atomic mass is 9.95. The van der Waals surface area contributed by atoms with Gasteiger partial charge in [0, 0.05) is 12.0 Å². The van der Waals surface area contributed by atoms with E-state index in [-0.39, 0.29) is 12.0 Å². The molecule has 3 rings (SSSR count). The van der Waals surface area contributed by atoms with Gasteiger partial charge in [0.15, 0.2) is 6.04 Å². The second kappa shape index (κ2) is 7.74. The van der Waals surface area contributed by atoms with Crippen LogP contribution in [0.15, 0.2) is 36.4 Å². The van der Waals surface area contributed by atoms with Crippen LogP contribution < -0.4 is 5.43 Å². The third-order valence-corrected chi connectivity index (χ3v) is 5.37. The van der Waals surface area contributed by atoms with E-state index in [4.69, 9.17) is 0 Å². The summed E-state index contributed by atoms with van der Waals surface area (Å²) in [5, 5.41) is 2.76. The fourth-order valence-corrected chi connectivity index (χ4v) is 3.92. The van der Waals surface area contributed by atoms with Crippen molar-refractivity contribution in [2.45, 2.75) is 70.6 Å². The molecule has 1 amide bonds. The molecule has 2 aromatic rings. The van der Waals surface area contributed by atoms with Gasteiger partial charge >= 0.3 is 6.18 Å². The second-order valence-corrected chi connectivity index (χ2v) is 8.24. The molecule has 0 spiro atoms. The highest BCUT2D eigenvalue weighted by molar-refractivity contribution is 5.84. The Morgan fingerprint density at radius 1 is 1.11 bits per heavy atom. The monoisotopic (exact) mass is 392 g/mol. The molecule has 1 aliphatic rings. The highest BCUT2D eigenvalue weighted by Gasteiger charge is 2.52. The van der Waals surface area contributed by atoms with Crippen LogP contribution in [-0.4, -0.2) is 22.6 Å². The summed E-state index contributed by atoms with van der Waals surface area (Å²) in [5.41, 5.74) is 2.82. The first-order valence-corrected chi connectivity index (χ1v) is 9.80. The average molecular weight is 392 g/mol. The molecule has 6 heteroatoms. The van der Waals surface area contributed by atoms with Gasteiger partial charge in [-0.15, -0.1) is 0 Å². The van der Waals surface area contributed by atoms with Gasteiger partial charge in [-0.05, 0) is 54.7 Å². The van der Waals surface area contributed by atoms with E-state index in [9.17, 15) is 18.0 Å². The lowest BCUT2D eigenvalue weighted by molar-refractivity contribution is -0.203. The molecule has 1 aliphatic heterocycles. The number of unbranched alkanes of at least 4 members (excludes halogenated alkanes) is 2. The van der Waals surface area contributed by atoms with Crippen molar-refractivity contribution >= 4 is 16.7 Å². The molecule has 0 aromatic heterocycles. The number of alkyl halides is 3. The van der Waals surface area contributed by atoms with Gasteiger partial charge in [-0.25, -0.2) is 0 Å². The van der Waals surface area contributed by atoms with Crippen LogP contribution in [-0.2, 0) is 11.2 Å². The minimum absolute atomic E-state index is 0.0360. The van der Waals surface area contributed by atoms with E-state index in [0.717, 1.165) is 35.0 Å². The number of nitrogens with one attached hydrogen (secondary N) is 1. The fourth-order valence-electron chi connectivity index (χ4n) is 3.92. The summed E-state index contributed by atoms with van der Waals surface area (Å²) < 4.78 is 41.9. The van der Waals surface area contributed by atoms with Crippen molar-refractivity contribution < 1.29 is 18.0 Å². The molecular formula is C22H27F3N2O. The quantitative estimate of drug-likeness (QED) is 0.641. The van der Waals surface area contributed by atoms with Crippen LogP contribution in [0.25, 0.3) is 10.8 Å². The highest BCUT2D eigenvalue weighted by atomic mass is 19.4. The summed E-state index contributed by atoms with van der Waals surface area (Å²) >= 11 is 0. The molecule has 0 aliphatic carbocycles. The molecule has 0 radical (unpaired) electrons. The number of fused-ring (bicyclic) bond motifs is 1. The zero-order valence-electron chi connectivity index (χ0n) is 16.6. The first-order valence-electron chi connectivity index (χ1n) is 9.80. The highest BCUT2D eigenvalue weighted by Crippen LogP contribution is 2.43. The maximum absolute atomic E-state index is 14.0. The smallest absolute Gasteiger partial charge is 0.287 e. The standard InChI is InChI=1S/C22H27F3N2O/c1-4-5-6-7-15-8-9-17-13-18(11-10-16(17)12-15)20(22(23,24)25)27-21(2,3)14-19(28)26-27/h8-13,20H,4-7,14H2,1-3H3,(H,26,28). The predicted molar refractivity (Wildman–Crippen MR) is 105 cm³/mol. The van der Waals surface area contributed by atoms with Gasteiger partial charge in [0.1, 0.15) is 0 Å². The Balaban J connectivity index is 1.95. The maximum Gasteiger partial charge on any atom is 0.409 e. The molecule has 1 N–H and O–H groups in total. The Labute approximate surface area is 163 Å². The molecule has 0 bridgehead atoms. The maximum atomic E-state index is 14.0. The average Bonchev–Trinajstić information content (AvgIpc) is 2.86. The van der Waals surface area contributed by atoms with Gasteiger partial charge in [0.2, 0.25) is 5.91 Å². The molecule has 1 atom stereocenters. The third-order valence-electron chi connectivity index (χ3n) is 5.37. The van der Waals surface area contributed by atoms with Crippen LogP contribution in [0.4, 0.5) is 13.2 Å². The van der Waals surface area contributed by atoms with Crippen LogP contribution in [0.3, 0.4) is 0 Å². The SMILES string of the molecule is CCCCCc1ccc2cc(C(N3NC(=O)CC3(C)C)C(F)(F)F)ccc2c1. The number of amides is 1. The van der Waals surface area contributed by atoms with Gasteiger partial charge in [0.25, 0.3) is 0 Å². The molecule has 1 heterocycles. The lowest BCUT2D eigenvalue weighted by Gasteiger charge is -2.38. The van der Waals surface area contributed by atoms with E-state index in [1.54, 1.807) is 26.0 Å². The number of benzene rings is 2. The Bertz CT molecular complexity index is 860. The number of aryl methyl sites for hydroxylation is 1. The summed E-state index contributed by atoms with van der Waals surface area (Å²) in [6, 6.07) is 8.91. The van der Waals surface area contributed by atoms with Crippen molar-refractivity contribution in [2.75, 3.05) is 0 Å². The van der Waals surface area contributed by atoms with E-state index in [1.165, 1.54) is 18.1 Å². The second-order valence-electron chi connectivity index (χ2n) is 8.24. The number of hydrazine groups is 1. The van der Waals surface area contributed by atoms with E-state index in [0.29, 0.717) is 0 Å².